The van der Waals surface area contributed by atoms with Gasteiger partial charge in [-0.15, -0.1) is 35.9 Å². The molecule has 36 heavy (non-hydrogen) atoms. The predicted octanol–water partition coefficient (Wildman–Crippen LogP) is 7.37. The van der Waals surface area contributed by atoms with Crippen LogP contribution in [0.2, 0.25) is 0 Å². The van der Waals surface area contributed by atoms with Crippen LogP contribution in [0.3, 0.4) is 0 Å². The van der Waals surface area contributed by atoms with Gasteiger partial charge in [0.25, 0.3) is 0 Å². The van der Waals surface area contributed by atoms with Crippen molar-refractivity contribution in [3.05, 3.63) is 66.4 Å². The fourth-order valence-electron chi connectivity index (χ4n) is 6.22. The molecule has 1 radical (unpaired) electrons. The van der Waals surface area contributed by atoms with E-state index >= 15 is 0 Å². The molecule has 2 unspecified atom stereocenters. The fourth-order valence-corrected chi connectivity index (χ4v) is 6.22. The number of hydrogen-bond donors (Lipinski definition) is 2. The van der Waals surface area contributed by atoms with E-state index in [1.54, 1.807) is 0 Å². The topological polar surface area (TPSA) is 53.4 Å². The Balaban J connectivity index is 0.000000195. The zero-order valence-corrected chi connectivity index (χ0v) is 24.8. The molecule has 3 aromatic rings. The molecule has 1 aromatic heterocycles. The van der Waals surface area contributed by atoms with Gasteiger partial charge in [0.1, 0.15) is 0 Å². The van der Waals surface area contributed by atoms with Gasteiger partial charge in [0.05, 0.1) is 12.2 Å². The van der Waals surface area contributed by atoms with Crippen molar-refractivity contribution in [2.45, 2.75) is 85.4 Å². The number of aromatic nitrogens is 1. The van der Waals surface area contributed by atoms with Gasteiger partial charge in [-0.2, -0.15) is 0 Å². The molecule has 0 aliphatic heterocycles. The van der Waals surface area contributed by atoms with Gasteiger partial charge in [-0.25, -0.2) is 0 Å². The Labute approximate surface area is 231 Å². The number of nitrogens with zero attached hydrogens (tertiary/aromatic N) is 1. The van der Waals surface area contributed by atoms with Crippen molar-refractivity contribution in [3.63, 3.8) is 0 Å². The van der Waals surface area contributed by atoms with E-state index in [1.165, 1.54) is 42.0 Å². The summed E-state index contributed by atoms with van der Waals surface area (Å²) in [6.45, 7) is 10.7. The van der Waals surface area contributed by atoms with Crippen LogP contribution >= 0.6 is 0 Å². The van der Waals surface area contributed by atoms with Gasteiger partial charge in [0.2, 0.25) is 0 Å². The summed E-state index contributed by atoms with van der Waals surface area (Å²) in [6.07, 6.45) is 8.12. The van der Waals surface area contributed by atoms with E-state index in [0.29, 0.717) is 5.92 Å². The number of fused-ring (bicyclic) bond motifs is 2. The van der Waals surface area contributed by atoms with Crippen LogP contribution in [0.25, 0.3) is 22.0 Å². The van der Waals surface area contributed by atoms with Crippen LogP contribution in [0.5, 0.6) is 0 Å². The Morgan fingerprint density at radius 1 is 0.889 bits per heavy atom. The summed E-state index contributed by atoms with van der Waals surface area (Å²) in [5, 5.41) is 24.0. The zero-order valence-electron chi connectivity index (χ0n) is 22.4. The van der Waals surface area contributed by atoms with Crippen molar-refractivity contribution < 1.29 is 30.3 Å². The van der Waals surface area contributed by atoms with Crippen molar-refractivity contribution in [2.24, 2.45) is 22.7 Å². The maximum Gasteiger partial charge on any atom is 0.0646 e. The second kappa shape index (κ2) is 11.9. The first-order valence-electron chi connectivity index (χ1n) is 13.3. The molecule has 2 aromatic carbocycles. The van der Waals surface area contributed by atoms with Crippen LogP contribution in [0, 0.1) is 35.7 Å². The third kappa shape index (κ3) is 6.27. The number of aliphatic hydroxyl groups is 2. The van der Waals surface area contributed by atoms with E-state index in [4.69, 9.17) is 0 Å². The minimum atomic E-state index is -0.364. The number of benzene rings is 2. The molecule has 2 N–H and O–H groups in total. The Bertz CT molecular complexity index is 1100. The summed E-state index contributed by atoms with van der Waals surface area (Å²) >= 11 is 0. The largest absolute Gasteiger partial charge is 0.392 e. The van der Waals surface area contributed by atoms with Crippen molar-refractivity contribution in [1.82, 2.24) is 4.98 Å². The fraction of sp³-hybridized carbons (Fsp3) is 0.531. The van der Waals surface area contributed by atoms with E-state index < -0.39 is 0 Å². The molecule has 4 heteroatoms. The Morgan fingerprint density at radius 3 is 2.11 bits per heavy atom. The summed E-state index contributed by atoms with van der Waals surface area (Å²) in [5.74, 6) is 0.582. The molecular weight excluding hydrogens is 623 g/mol. The Morgan fingerprint density at radius 2 is 1.53 bits per heavy atom. The SMILES string of the molecule is CC1(C)CCCC2CCCC(C)(C)C(O)C2C1O.Cc1cccc2cc(-c3[c-]cccc3)ncc12.[Ir]. The maximum absolute atomic E-state index is 10.8. The van der Waals surface area contributed by atoms with Crippen molar-refractivity contribution in [3.8, 4) is 11.3 Å². The second-order valence-corrected chi connectivity index (χ2v) is 12.1. The quantitative estimate of drug-likeness (QED) is 0.267. The number of aliphatic hydroxyl groups excluding tert-OH is 2. The van der Waals surface area contributed by atoms with E-state index in [-0.39, 0.29) is 49.1 Å². The van der Waals surface area contributed by atoms with Crippen LogP contribution < -0.4 is 0 Å². The minimum Gasteiger partial charge on any atom is -0.392 e. The minimum absolute atomic E-state index is 0. The summed E-state index contributed by atoms with van der Waals surface area (Å²) in [4.78, 5) is 4.51. The van der Waals surface area contributed by atoms with Gasteiger partial charge in [-0.05, 0) is 66.0 Å². The first-order chi connectivity index (χ1) is 16.6. The first kappa shape index (κ1) is 29.0. The second-order valence-electron chi connectivity index (χ2n) is 12.1. The molecular formula is C32H42IrNO2-. The molecule has 2 aliphatic rings. The van der Waals surface area contributed by atoms with Crippen LogP contribution in [0.4, 0.5) is 0 Å². The third-order valence-electron chi connectivity index (χ3n) is 8.63. The Hall–Kier alpha value is -1.58. The van der Waals surface area contributed by atoms with E-state index in [9.17, 15) is 10.2 Å². The average Bonchev–Trinajstić information content (AvgIpc) is 3.02. The molecule has 5 rings (SSSR count). The normalized spacial score (nSPS) is 26.9. The van der Waals surface area contributed by atoms with Gasteiger partial charge in [-0.3, -0.25) is 0 Å². The van der Waals surface area contributed by atoms with Crippen LogP contribution in [0.15, 0.2) is 54.7 Å². The van der Waals surface area contributed by atoms with E-state index in [0.717, 1.165) is 24.1 Å². The molecule has 0 spiro atoms. The third-order valence-corrected chi connectivity index (χ3v) is 8.63. The zero-order chi connectivity index (χ0) is 25.2. The molecule has 1 heterocycles. The van der Waals surface area contributed by atoms with Gasteiger partial charge in [0.15, 0.2) is 0 Å². The van der Waals surface area contributed by atoms with Crippen molar-refractivity contribution in [1.29, 1.82) is 0 Å². The van der Waals surface area contributed by atoms with Crippen LogP contribution in [-0.2, 0) is 20.1 Å². The molecule has 2 atom stereocenters. The van der Waals surface area contributed by atoms with Gasteiger partial charge >= 0.3 is 0 Å². The Kier molecular flexibility index (Phi) is 9.55. The molecule has 2 aliphatic carbocycles. The number of rotatable bonds is 1. The van der Waals surface area contributed by atoms with Crippen LogP contribution in [0.1, 0.15) is 71.8 Å². The standard InChI is InChI=1S/C16H12N.C16H30O2.Ir/c1-12-6-5-9-14-10-16(17-11-15(12)14)13-7-3-2-4-8-13;1-15(2)9-5-7-11-8-6-10-16(3,4)14(18)12(11)13(15)17;/h2-7,9-11H,1H3;11-14,17-18H,5-10H2,1-4H3;/q-1;;. The van der Waals surface area contributed by atoms with Crippen LogP contribution in [-0.4, -0.2) is 27.4 Å². The molecule has 197 valence electrons. The average molecular weight is 665 g/mol. The molecule has 2 fully saturated rings. The van der Waals surface area contributed by atoms with E-state index in [1.807, 2.05) is 30.5 Å². The maximum atomic E-state index is 10.8. The van der Waals surface area contributed by atoms with E-state index in [2.05, 4.69) is 69.9 Å². The van der Waals surface area contributed by atoms with Gasteiger partial charge in [-0.1, -0.05) is 64.8 Å². The molecule has 2 saturated carbocycles. The van der Waals surface area contributed by atoms with Crippen molar-refractivity contribution >= 4 is 10.8 Å². The summed E-state index contributed by atoms with van der Waals surface area (Å²) in [5.41, 5.74) is 3.17. The summed E-state index contributed by atoms with van der Waals surface area (Å²) in [7, 11) is 0. The smallest absolute Gasteiger partial charge is 0.0646 e. The number of aryl methyl sites for hydroxylation is 1. The molecule has 0 bridgehead atoms. The van der Waals surface area contributed by atoms with Gasteiger partial charge in [0, 0.05) is 37.6 Å². The monoisotopic (exact) mass is 665 g/mol. The predicted molar refractivity (Wildman–Crippen MR) is 145 cm³/mol. The molecule has 0 amide bonds. The molecule has 0 saturated heterocycles. The number of hydrogen-bond acceptors (Lipinski definition) is 3. The van der Waals surface area contributed by atoms with Crippen molar-refractivity contribution in [2.75, 3.05) is 0 Å². The summed E-state index contributed by atoms with van der Waals surface area (Å²) < 4.78 is 0. The van der Waals surface area contributed by atoms with Gasteiger partial charge < -0.3 is 15.2 Å². The molecule has 3 nitrogen and oxygen atoms in total. The number of pyridine rings is 1. The first-order valence-corrected chi connectivity index (χ1v) is 13.3. The summed E-state index contributed by atoms with van der Waals surface area (Å²) in [6, 6.07) is 19.6.